The standard InChI is InChI=1S/C33H40ClN3O4S/c1-24-13-12-20-30(25(24)2)37(42(3,40)41)23-32(38)36(22-27-16-10-11-19-29(27)34)31(21-26-14-6-4-7-15-26)33(39)35-28-17-8-5-9-18-28/h4,6-7,10-16,19-20,28,31H,5,8-9,17-18,21-23H2,1-3H3,(H,35,39)/t31-/m0/s1. The molecule has 0 heterocycles. The van der Waals surface area contributed by atoms with Gasteiger partial charge in [0.25, 0.3) is 0 Å². The number of rotatable bonds is 11. The molecule has 0 unspecified atom stereocenters. The molecule has 1 fully saturated rings. The number of carbonyl (C=O) groups is 2. The topological polar surface area (TPSA) is 86.8 Å². The fourth-order valence-corrected chi connectivity index (χ4v) is 6.60. The van der Waals surface area contributed by atoms with E-state index in [0.717, 1.165) is 59.4 Å². The van der Waals surface area contributed by atoms with Crippen molar-refractivity contribution < 1.29 is 18.0 Å². The third-order valence-electron chi connectivity index (χ3n) is 8.05. The first-order chi connectivity index (χ1) is 20.0. The van der Waals surface area contributed by atoms with Crippen molar-refractivity contribution in [2.75, 3.05) is 17.1 Å². The molecule has 0 radical (unpaired) electrons. The van der Waals surface area contributed by atoms with E-state index in [-0.39, 0.29) is 24.9 Å². The predicted octanol–water partition coefficient (Wildman–Crippen LogP) is 5.81. The molecule has 9 heteroatoms. The number of nitrogens with one attached hydrogen (secondary N) is 1. The number of anilines is 1. The van der Waals surface area contributed by atoms with Gasteiger partial charge in [0.2, 0.25) is 21.8 Å². The highest BCUT2D eigenvalue weighted by molar-refractivity contribution is 7.92. The van der Waals surface area contributed by atoms with E-state index < -0.39 is 28.5 Å². The minimum absolute atomic E-state index is 0.0456. The van der Waals surface area contributed by atoms with Crippen LogP contribution >= 0.6 is 11.6 Å². The van der Waals surface area contributed by atoms with E-state index in [2.05, 4.69) is 5.32 Å². The van der Waals surface area contributed by atoms with Gasteiger partial charge in [-0.15, -0.1) is 0 Å². The molecular weight excluding hydrogens is 570 g/mol. The van der Waals surface area contributed by atoms with Crippen molar-refractivity contribution in [2.45, 2.75) is 71.0 Å². The molecule has 1 aliphatic rings. The minimum atomic E-state index is -3.84. The molecule has 42 heavy (non-hydrogen) atoms. The third kappa shape index (κ3) is 8.13. The molecule has 4 rings (SSSR count). The average molecular weight is 610 g/mol. The van der Waals surface area contributed by atoms with E-state index >= 15 is 0 Å². The van der Waals surface area contributed by atoms with E-state index in [4.69, 9.17) is 11.6 Å². The molecular formula is C33H40ClN3O4S. The summed E-state index contributed by atoms with van der Waals surface area (Å²) in [7, 11) is -3.84. The maximum atomic E-state index is 14.3. The number of carbonyl (C=O) groups excluding carboxylic acids is 2. The van der Waals surface area contributed by atoms with E-state index in [9.17, 15) is 18.0 Å². The number of amides is 2. The Morgan fingerprint density at radius 1 is 0.929 bits per heavy atom. The fourth-order valence-electron chi connectivity index (χ4n) is 5.51. The van der Waals surface area contributed by atoms with Gasteiger partial charge in [0.15, 0.2) is 0 Å². The number of sulfonamides is 1. The van der Waals surface area contributed by atoms with Crippen LogP contribution in [0, 0.1) is 13.8 Å². The highest BCUT2D eigenvalue weighted by Gasteiger charge is 2.34. The van der Waals surface area contributed by atoms with Gasteiger partial charge in [-0.1, -0.05) is 91.5 Å². The molecule has 0 aliphatic heterocycles. The second-order valence-corrected chi connectivity index (χ2v) is 13.5. The van der Waals surface area contributed by atoms with Crippen LogP contribution in [0.3, 0.4) is 0 Å². The van der Waals surface area contributed by atoms with Crippen LogP contribution in [0.15, 0.2) is 72.8 Å². The zero-order chi connectivity index (χ0) is 30.3. The molecule has 3 aromatic carbocycles. The minimum Gasteiger partial charge on any atom is -0.352 e. The van der Waals surface area contributed by atoms with Crippen LogP contribution in [0.2, 0.25) is 5.02 Å². The first kappa shape index (κ1) is 31.6. The van der Waals surface area contributed by atoms with E-state index in [0.29, 0.717) is 16.3 Å². The molecule has 0 aromatic heterocycles. The number of hydrogen-bond acceptors (Lipinski definition) is 4. The Hall–Kier alpha value is -3.36. The summed E-state index contributed by atoms with van der Waals surface area (Å²) in [5.74, 6) is -0.732. The fraction of sp³-hybridized carbons (Fsp3) is 0.394. The van der Waals surface area contributed by atoms with Crippen LogP contribution in [-0.2, 0) is 32.6 Å². The lowest BCUT2D eigenvalue weighted by Crippen LogP contribution is -2.55. The van der Waals surface area contributed by atoms with E-state index in [1.54, 1.807) is 24.3 Å². The lowest BCUT2D eigenvalue weighted by molar-refractivity contribution is -0.140. The Morgan fingerprint density at radius 3 is 2.26 bits per heavy atom. The molecule has 0 spiro atoms. The molecule has 224 valence electrons. The average Bonchev–Trinajstić information content (AvgIpc) is 2.96. The number of halogens is 1. The Labute approximate surface area is 254 Å². The predicted molar refractivity (Wildman–Crippen MR) is 169 cm³/mol. The quantitative estimate of drug-likeness (QED) is 0.297. The van der Waals surface area contributed by atoms with Crippen LogP contribution in [0.4, 0.5) is 5.69 Å². The molecule has 0 bridgehead atoms. The summed E-state index contributed by atoms with van der Waals surface area (Å²) in [6, 6.07) is 21.3. The van der Waals surface area contributed by atoms with Gasteiger partial charge >= 0.3 is 0 Å². The largest absolute Gasteiger partial charge is 0.352 e. The van der Waals surface area contributed by atoms with Crippen molar-refractivity contribution in [3.8, 4) is 0 Å². The van der Waals surface area contributed by atoms with Gasteiger partial charge in [0.05, 0.1) is 11.9 Å². The second-order valence-electron chi connectivity index (χ2n) is 11.2. The smallest absolute Gasteiger partial charge is 0.244 e. The monoisotopic (exact) mass is 609 g/mol. The van der Waals surface area contributed by atoms with Crippen LogP contribution < -0.4 is 9.62 Å². The molecule has 0 saturated heterocycles. The molecule has 1 saturated carbocycles. The Morgan fingerprint density at radius 2 is 1.60 bits per heavy atom. The lowest BCUT2D eigenvalue weighted by atomic mass is 9.94. The molecule has 2 amide bonds. The van der Waals surface area contributed by atoms with Crippen molar-refractivity contribution in [3.05, 3.63) is 100 Å². The van der Waals surface area contributed by atoms with Gasteiger partial charge in [-0.25, -0.2) is 8.42 Å². The van der Waals surface area contributed by atoms with Crippen molar-refractivity contribution >= 4 is 39.1 Å². The molecule has 1 aliphatic carbocycles. The molecule has 7 nitrogen and oxygen atoms in total. The third-order valence-corrected chi connectivity index (χ3v) is 9.54. The second kappa shape index (κ2) is 14.2. The van der Waals surface area contributed by atoms with Gasteiger partial charge in [0, 0.05) is 24.0 Å². The summed E-state index contributed by atoms with van der Waals surface area (Å²) in [4.78, 5) is 29.8. The highest BCUT2D eigenvalue weighted by Crippen LogP contribution is 2.27. The highest BCUT2D eigenvalue weighted by atomic mass is 35.5. The summed E-state index contributed by atoms with van der Waals surface area (Å²) < 4.78 is 27.3. The molecule has 1 atom stereocenters. The Balaban J connectivity index is 1.75. The summed E-state index contributed by atoms with van der Waals surface area (Å²) in [5, 5.41) is 3.68. The SMILES string of the molecule is Cc1cccc(N(CC(=O)N(Cc2ccccc2Cl)[C@@H](Cc2ccccc2)C(=O)NC2CCCCC2)S(C)(=O)=O)c1C. The first-order valence-electron chi connectivity index (χ1n) is 14.5. The zero-order valence-corrected chi connectivity index (χ0v) is 26.1. The van der Waals surface area contributed by atoms with Crippen molar-refractivity contribution in [3.63, 3.8) is 0 Å². The molecule has 3 aromatic rings. The van der Waals surface area contributed by atoms with Crippen LogP contribution in [0.5, 0.6) is 0 Å². The number of benzene rings is 3. The van der Waals surface area contributed by atoms with Gasteiger partial charge in [-0.05, 0) is 61.1 Å². The van der Waals surface area contributed by atoms with Crippen molar-refractivity contribution in [1.82, 2.24) is 10.2 Å². The Bertz CT molecular complexity index is 1490. The van der Waals surface area contributed by atoms with Crippen LogP contribution in [-0.4, -0.2) is 50.0 Å². The summed E-state index contributed by atoms with van der Waals surface area (Å²) in [5.41, 5.74) is 3.69. The van der Waals surface area contributed by atoms with Crippen LogP contribution in [0.25, 0.3) is 0 Å². The number of hydrogen-bond donors (Lipinski definition) is 1. The van der Waals surface area contributed by atoms with Gasteiger partial charge in [0.1, 0.15) is 12.6 Å². The number of nitrogens with zero attached hydrogens (tertiary/aromatic N) is 2. The van der Waals surface area contributed by atoms with Crippen molar-refractivity contribution in [1.29, 1.82) is 0 Å². The summed E-state index contributed by atoms with van der Waals surface area (Å²) in [6.45, 7) is 3.34. The lowest BCUT2D eigenvalue weighted by Gasteiger charge is -2.35. The van der Waals surface area contributed by atoms with Gasteiger partial charge < -0.3 is 10.2 Å². The molecule has 1 N–H and O–H groups in total. The summed E-state index contributed by atoms with van der Waals surface area (Å²) >= 11 is 6.54. The van der Waals surface area contributed by atoms with Gasteiger partial charge in [-0.2, -0.15) is 0 Å². The van der Waals surface area contributed by atoms with E-state index in [1.165, 1.54) is 4.90 Å². The van der Waals surface area contributed by atoms with E-state index in [1.807, 2.05) is 62.4 Å². The van der Waals surface area contributed by atoms with Crippen LogP contribution in [0.1, 0.15) is 54.4 Å². The number of aryl methyl sites for hydroxylation is 1. The van der Waals surface area contributed by atoms with Crippen molar-refractivity contribution in [2.24, 2.45) is 0 Å². The normalized spacial score (nSPS) is 14.7. The first-order valence-corrected chi connectivity index (χ1v) is 16.7. The maximum Gasteiger partial charge on any atom is 0.244 e. The summed E-state index contributed by atoms with van der Waals surface area (Å²) in [6.07, 6.45) is 6.42. The van der Waals surface area contributed by atoms with Gasteiger partial charge in [-0.3, -0.25) is 13.9 Å². The zero-order valence-electron chi connectivity index (χ0n) is 24.6. The Kier molecular flexibility index (Phi) is 10.7. The maximum absolute atomic E-state index is 14.3.